The number of likely N-dealkylation sites (tertiary alicyclic amines) is 1. The molecule has 0 radical (unpaired) electrons. The van der Waals surface area contributed by atoms with Crippen LogP contribution in [0, 0.1) is 0 Å². The second kappa shape index (κ2) is 7.06. The van der Waals surface area contributed by atoms with Gasteiger partial charge in [0.05, 0.1) is 12.3 Å². The first-order valence-electron chi connectivity index (χ1n) is 6.41. The van der Waals surface area contributed by atoms with E-state index in [-0.39, 0.29) is 11.9 Å². The van der Waals surface area contributed by atoms with Gasteiger partial charge >= 0.3 is 0 Å². The number of amides is 1. The van der Waals surface area contributed by atoms with E-state index in [9.17, 15) is 13.2 Å². The number of hydrogen-bond acceptors (Lipinski definition) is 4. The van der Waals surface area contributed by atoms with Crippen LogP contribution < -0.4 is 10.0 Å². The molecule has 1 atom stereocenters. The maximum atomic E-state index is 12.0. The van der Waals surface area contributed by atoms with Crippen LogP contribution in [0.3, 0.4) is 0 Å². The lowest BCUT2D eigenvalue weighted by molar-refractivity contribution is -0.135. The molecule has 0 saturated carbocycles. The molecule has 2 N–H and O–H groups in total. The Morgan fingerprint density at radius 3 is 2.78 bits per heavy atom. The number of rotatable bonds is 7. The molecule has 0 spiro atoms. The first-order valence-corrected chi connectivity index (χ1v) is 8.30. The standard InChI is InChI=1S/C11H23N3O3S/c1-3-12-10-6-4-8-14(11(10)15)9-5-7-13-18(2,16)17/h10,12-13H,3-9H2,1-2H3. The van der Waals surface area contributed by atoms with E-state index in [0.29, 0.717) is 19.5 Å². The Balaban J connectivity index is 2.31. The van der Waals surface area contributed by atoms with Crippen LogP contribution in [0.5, 0.6) is 0 Å². The van der Waals surface area contributed by atoms with Crippen molar-refractivity contribution in [3.63, 3.8) is 0 Å². The van der Waals surface area contributed by atoms with Crippen molar-refractivity contribution in [1.29, 1.82) is 0 Å². The van der Waals surface area contributed by atoms with Gasteiger partial charge in [-0.25, -0.2) is 13.1 Å². The van der Waals surface area contributed by atoms with Gasteiger partial charge in [0.1, 0.15) is 0 Å². The molecular weight excluding hydrogens is 254 g/mol. The van der Waals surface area contributed by atoms with E-state index < -0.39 is 10.0 Å². The third-order valence-electron chi connectivity index (χ3n) is 2.95. The lowest BCUT2D eigenvalue weighted by Gasteiger charge is -2.32. The molecule has 1 aliphatic rings. The van der Waals surface area contributed by atoms with Gasteiger partial charge < -0.3 is 10.2 Å². The van der Waals surface area contributed by atoms with Crippen LogP contribution in [0.15, 0.2) is 0 Å². The van der Waals surface area contributed by atoms with Gasteiger partial charge in [0.15, 0.2) is 0 Å². The maximum Gasteiger partial charge on any atom is 0.239 e. The molecule has 106 valence electrons. The molecule has 6 nitrogen and oxygen atoms in total. The van der Waals surface area contributed by atoms with E-state index in [0.717, 1.165) is 32.2 Å². The number of likely N-dealkylation sites (N-methyl/N-ethyl adjacent to an activating group) is 1. The van der Waals surface area contributed by atoms with Crippen LogP contribution in [0.25, 0.3) is 0 Å². The normalized spacial score (nSPS) is 21.3. The molecule has 1 unspecified atom stereocenters. The van der Waals surface area contributed by atoms with Crippen LogP contribution in [0.1, 0.15) is 26.2 Å². The average molecular weight is 277 g/mol. The summed E-state index contributed by atoms with van der Waals surface area (Å²) in [4.78, 5) is 13.9. The minimum absolute atomic E-state index is 0.0633. The van der Waals surface area contributed by atoms with Crippen LogP contribution in [0.4, 0.5) is 0 Å². The van der Waals surface area contributed by atoms with Crippen molar-refractivity contribution in [2.24, 2.45) is 0 Å². The highest BCUT2D eigenvalue weighted by molar-refractivity contribution is 7.88. The number of nitrogens with one attached hydrogen (secondary N) is 2. The zero-order chi connectivity index (χ0) is 13.6. The minimum Gasteiger partial charge on any atom is -0.341 e. The molecule has 1 aliphatic heterocycles. The molecule has 1 fully saturated rings. The highest BCUT2D eigenvalue weighted by Gasteiger charge is 2.27. The molecule has 0 aliphatic carbocycles. The number of carbonyl (C=O) groups is 1. The van der Waals surface area contributed by atoms with Crippen molar-refractivity contribution in [3.8, 4) is 0 Å². The van der Waals surface area contributed by atoms with E-state index in [1.807, 2.05) is 11.8 Å². The van der Waals surface area contributed by atoms with E-state index in [1.54, 1.807) is 0 Å². The SMILES string of the molecule is CCNC1CCCN(CCCNS(C)(=O)=O)C1=O. The lowest BCUT2D eigenvalue weighted by atomic mass is 10.0. The summed E-state index contributed by atoms with van der Waals surface area (Å²) in [5.74, 6) is 0.141. The number of carbonyl (C=O) groups excluding carboxylic acids is 1. The molecule has 18 heavy (non-hydrogen) atoms. The fourth-order valence-electron chi connectivity index (χ4n) is 2.13. The largest absolute Gasteiger partial charge is 0.341 e. The highest BCUT2D eigenvalue weighted by atomic mass is 32.2. The Hall–Kier alpha value is -0.660. The first kappa shape index (κ1) is 15.4. The molecule has 1 amide bonds. The van der Waals surface area contributed by atoms with Crippen molar-refractivity contribution < 1.29 is 13.2 Å². The van der Waals surface area contributed by atoms with Crippen LogP contribution in [-0.2, 0) is 14.8 Å². The van der Waals surface area contributed by atoms with Gasteiger partial charge in [-0.05, 0) is 25.8 Å². The summed E-state index contributed by atoms with van der Waals surface area (Å²) in [7, 11) is -3.13. The van der Waals surface area contributed by atoms with Crippen molar-refractivity contribution in [2.45, 2.75) is 32.2 Å². The van der Waals surface area contributed by atoms with Gasteiger partial charge in [0.2, 0.25) is 15.9 Å². The molecule has 1 heterocycles. The summed E-state index contributed by atoms with van der Waals surface area (Å²) in [6, 6.07) is -0.0633. The summed E-state index contributed by atoms with van der Waals surface area (Å²) in [6.45, 7) is 4.56. The van der Waals surface area contributed by atoms with Gasteiger partial charge in [-0.2, -0.15) is 0 Å². The Bertz CT molecular complexity index is 368. The molecular formula is C11H23N3O3S. The fraction of sp³-hybridized carbons (Fsp3) is 0.909. The Morgan fingerprint density at radius 1 is 1.44 bits per heavy atom. The second-order valence-electron chi connectivity index (χ2n) is 4.60. The van der Waals surface area contributed by atoms with Gasteiger partial charge in [0, 0.05) is 19.6 Å². The molecule has 0 bridgehead atoms. The van der Waals surface area contributed by atoms with Gasteiger partial charge in [0.25, 0.3) is 0 Å². The Kier molecular flexibility index (Phi) is 6.04. The zero-order valence-corrected chi connectivity index (χ0v) is 11.9. The molecule has 7 heteroatoms. The van der Waals surface area contributed by atoms with Crippen molar-refractivity contribution in [1.82, 2.24) is 14.9 Å². The fourth-order valence-corrected chi connectivity index (χ4v) is 2.64. The third kappa shape index (κ3) is 5.32. The van der Waals surface area contributed by atoms with Crippen LogP contribution >= 0.6 is 0 Å². The van der Waals surface area contributed by atoms with Gasteiger partial charge in [-0.1, -0.05) is 6.92 Å². The average Bonchev–Trinajstić information content (AvgIpc) is 2.28. The molecule has 0 aromatic carbocycles. The highest BCUT2D eigenvalue weighted by Crippen LogP contribution is 2.11. The Morgan fingerprint density at radius 2 is 2.17 bits per heavy atom. The van der Waals surface area contributed by atoms with Crippen LogP contribution in [-0.4, -0.2) is 57.7 Å². The Labute approximate surface area is 109 Å². The smallest absolute Gasteiger partial charge is 0.239 e. The van der Waals surface area contributed by atoms with E-state index in [4.69, 9.17) is 0 Å². The molecule has 0 aromatic rings. The number of sulfonamides is 1. The van der Waals surface area contributed by atoms with Crippen molar-refractivity contribution in [3.05, 3.63) is 0 Å². The number of hydrogen-bond donors (Lipinski definition) is 2. The summed E-state index contributed by atoms with van der Waals surface area (Å²) in [5, 5.41) is 3.18. The first-order chi connectivity index (χ1) is 8.44. The molecule has 0 aromatic heterocycles. The summed E-state index contributed by atoms with van der Waals surface area (Å²) in [6.07, 6.45) is 3.69. The maximum absolute atomic E-state index is 12.0. The summed E-state index contributed by atoms with van der Waals surface area (Å²) in [5.41, 5.74) is 0. The number of nitrogens with zero attached hydrogens (tertiary/aromatic N) is 1. The summed E-state index contributed by atoms with van der Waals surface area (Å²) < 4.78 is 24.2. The third-order valence-corrected chi connectivity index (χ3v) is 3.68. The summed E-state index contributed by atoms with van der Waals surface area (Å²) >= 11 is 0. The van der Waals surface area contributed by atoms with Gasteiger partial charge in [-0.15, -0.1) is 0 Å². The quantitative estimate of drug-likeness (QED) is 0.617. The van der Waals surface area contributed by atoms with Gasteiger partial charge in [-0.3, -0.25) is 4.79 Å². The minimum atomic E-state index is -3.13. The second-order valence-corrected chi connectivity index (χ2v) is 6.43. The predicted molar refractivity (Wildman–Crippen MR) is 70.7 cm³/mol. The van der Waals surface area contributed by atoms with E-state index in [1.165, 1.54) is 0 Å². The topological polar surface area (TPSA) is 78.5 Å². The van der Waals surface area contributed by atoms with Crippen molar-refractivity contribution in [2.75, 3.05) is 32.4 Å². The number of piperidine rings is 1. The monoisotopic (exact) mass is 277 g/mol. The van der Waals surface area contributed by atoms with E-state index >= 15 is 0 Å². The predicted octanol–water partition coefficient (Wildman–Crippen LogP) is -0.474. The lowest BCUT2D eigenvalue weighted by Crippen LogP contribution is -2.51. The molecule has 1 rings (SSSR count). The zero-order valence-electron chi connectivity index (χ0n) is 11.1. The van der Waals surface area contributed by atoms with E-state index in [2.05, 4.69) is 10.0 Å². The molecule has 1 saturated heterocycles. The van der Waals surface area contributed by atoms with Crippen LogP contribution in [0.2, 0.25) is 0 Å². The van der Waals surface area contributed by atoms with Crippen molar-refractivity contribution >= 4 is 15.9 Å².